The van der Waals surface area contributed by atoms with Crippen LogP contribution in [-0.2, 0) is 37.4 Å². The maximum atomic E-state index is 13.8. The Morgan fingerprint density at radius 1 is 0.636 bits per heavy atom. The van der Waals surface area contributed by atoms with E-state index in [0.29, 0.717) is 23.0 Å². The van der Waals surface area contributed by atoms with Crippen LogP contribution >= 0.6 is 0 Å². The number of anilines is 2. The Bertz CT molecular complexity index is 1520. The van der Waals surface area contributed by atoms with Crippen LogP contribution in [0.3, 0.4) is 0 Å². The third-order valence-electron chi connectivity index (χ3n) is 6.31. The molecule has 0 amide bonds. The van der Waals surface area contributed by atoms with Gasteiger partial charge >= 0.3 is 10.2 Å². The van der Waals surface area contributed by atoms with Gasteiger partial charge < -0.3 is 9.13 Å². The van der Waals surface area contributed by atoms with E-state index in [0.717, 1.165) is 22.1 Å². The largest absolute Gasteiger partial charge is 0.330 e. The molecule has 0 fully saturated rings. The highest BCUT2D eigenvalue weighted by Crippen LogP contribution is 2.42. The van der Waals surface area contributed by atoms with Crippen LogP contribution in [0.5, 0.6) is 0 Å². The highest BCUT2D eigenvalue weighted by molar-refractivity contribution is 7.94. The highest BCUT2D eigenvalue weighted by Gasteiger charge is 2.41. The van der Waals surface area contributed by atoms with Crippen molar-refractivity contribution in [3.05, 3.63) is 84.4 Å². The van der Waals surface area contributed by atoms with Gasteiger partial charge in [-0.05, 0) is 36.4 Å². The van der Waals surface area contributed by atoms with Crippen LogP contribution in [-0.4, -0.2) is 27.5 Å². The van der Waals surface area contributed by atoms with Crippen LogP contribution in [0.25, 0.3) is 22.1 Å². The molecule has 0 bridgehead atoms. The van der Waals surface area contributed by atoms with Crippen molar-refractivity contribution < 1.29 is 8.42 Å². The van der Waals surface area contributed by atoms with Gasteiger partial charge in [-0.15, -0.1) is 0 Å². The van der Waals surface area contributed by atoms with Crippen LogP contribution in [0.15, 0.2) is 72.8 Å². The van der Waals surface area contributed by atoms with E-state index in [1.807, 2.05) is 96.0 Å². The first-order chi connectivity index (χ1) is 15.9. The van der Waals surface area contributed by atoms with Gasteiger partial charge in [-0.25, -0.2) is 18.6 Å². The lowest BCUT2D eigenvalue weighted by atomic mass is 10.2. The van der Waals surface area contributed by atoms with Crippen molar-refractivity contribution in [1.82, 2.24) is 19.1 Å². The molecule has 3 aromatic carbocycles. The number of rotatable bonds is 4. The Morgan fingerprint density at radius 3 is 1.45 bits per heavy atom. The Hall–Kier alpha value is -3.85. The lowest BCUT2D eigenvalue weighted by Crippen LogP contribution is -2.38. The highest BCUT2D eigenvalue weighted by atomic mass is 32.2. The van der Waals surface area contributed by atoms with Crippen LogP contribution < -0.4 is 8.61 Å². The zero-order chi connectivity index (χ0) is 22.7. The van der Waals surface area contributed by atoms with Gasteiger partial charge in [-0.3, -0.25) is 0 Å². The fraction of sp³-hybridized carbons (Fsp3) is 0.167. The lowest BCUT2D eigenvalue weighted by molar-refractivity contribution is 0.585. The molecule has 0 saturated heterocycles. The van der Waals surface area contributed by atoms with Crippen molar-refractivity contribution in [1.29, 1.82) is 0 Å². The van der Waals surface area contributed by atoms with Gasteiger partial charge in [0.15, 0.2) is 0 Å². The molecule has 0 saturated carbocycles. The lowest BCUT2D eigenvalue weighted by Gasteiger charge is -2.21. The molecule has 6 rings (SSSR count). The fourth-order valence-corrected chi connectivity index (χ4v) is 6.12. The van der Waals surface area contributed by atoms with E-state index in [-0.39, 0.29) is 13.1 Å². The topological polar surface area (TPSA) is 76.3 Å². The van der Waals surface area contributed by atoms with Crippen molar-refractivity contribution in [3.8, 4) is 0 Å². The first kappa shape index (κ1) is 19.8. The standard InChI is InChI=1S/C24H22N6O2S/c1-27-19-11-5-3-9-17(19)25-23(27)15-29-21-13-7-8-14-22(21)30(33(29,31)32)16-24-26-18-10-4-6-12-20(18)28(24)2/h3-14H,15-16H2,1-2H3. The molecule has 0 atom stereocenters. The van der Waals surface area contributed by atoms with Crippen molar-refractivity contribution in [2.45, 2.75) is 13.1 Å². The second-order valence-electron chi connectivity index (χ2n) is 8.16. The Labute approximate surface area is 191 Å². The van der Waals surface area contributed by atoms with Gasteiger partial charge in [0, 0.05) is 14.1 Å². The average molecular weight is 459 g/mol. The second kappa shape index (κ2) is 7.08. The zero-order valence-corrected chi connectivity index (χ0v) is 19.1. The summed E-state index contributed by atoms with van der Waals surface area (Å²) < 4.78 is 34.3. The third-order valence-corrected chi connectivity index (χ3v) is 8.07. The van der Waals surface area contributed by atoms with Crippen LogP contribution in [0.2, 0.25) is 0 Å². The summed E-state index contributed by atoms with van der Waals surface area (Å²) >= 11 is 0. The predicted molar refractivity (Wildman–Crippen MR) is 129 cm³/mol. The molecule has 166 valence electrons. The van der Waals surface area contributed by atoms with Crippen molar-refractivity contribution in [3.63, 3.8) is 0 Å². The Balaban J connectivity index is 1.42. The third kappa shape index (κ3) is 2.92. The van der Waals surface area contributed by atoms with Crippen LogP contribution in [0.4, 0.5) is 11.4 Å². The summed E-state index contributed by atoms with van der Waals surface area (Å²) in [5.41, 5.74) is 4.90. The molecule has 9 heteroatoms. The van der Waals surface area contributed by atoms with Gasteiger partial charge in [-0.2, -0.15) is 8.42 Å². The first-order valence-corrected chi connectivity index (χ1v) is 12.0. The van der Waals surface area contributed by atoms with E-state index in [2.05, 4.69) is 9.97 Å². The molecule has 1 aliphatic heterocycles. The van der Waals surface area contributed by atoms with E-state index in [1.165, 1.54) is 8.61 Å². The molecule has 0 spiro atoms. The van der Waals surface area contributed by atoms with Crippen molar-refractivity contribution >= 4 is 43.7 Å². The maximum Gasteiger partial charge on any atom is 0.327 e. The molecular formula is C24H22N6O2S. The quantitative estimate of drug-likeness (QED) is 0.411. The van der Waals surface area contributed by atoms with Gasteiger partial charge in [0.05, 0.1) is 46.5 Å². The van der Waals surface area contributed by atoms with Gasteiger partial charge in [-0.1, -0.05) is 36.4 Å². The normalized spacial score (nSPS) is 15.0. The Kier molecular flexibility index (Phi) is 4.25. The summed E-state index contributed by atoms with van der Waals surface area (Å²) in [4.78, 5) is 9.38. The first-order valence-electron chi connectivity index (χ1n) is 10.7. The summed E-state index contributed by atoms with van der Waals surface area (Å²) in [5.74, 6) is 1.36. The summed E-state index contributed by atoms with van der Waals surface area (Å²) in [6.45, 7) is 0.285. The number of benzene rings is 3. The van der Waals surface area contributed by atoms with E-state index < -0.39 is 10.2 Å². The zero-order valence-electron chi connectivity index (χ0n) is 18.3. The van der Waals surface area contributed by atoms with E-state index in [1.54, 1.807) is 0 Å². The Morgan fingerprint density at radius 2 is 1.03 bits per heavy atom. The molecule has 0 radical (unpaired) electrons. The van der Waals surface area contributed by atoms with E-state index >= 15 is 0 Å². The molecule has 0 aliphatic carbocycles. The molecule has 3 heterocycles. The molecular weight excluding hydrogens is 436 g/mol. The van der Waals surface area contributed by atoms with E-state index in [9.17, 15) is 8.42 Å². The number of hydrogen-bond acceptors (Lipinski definition) is 4. The monoisotopic (exact) mass is 458 g/mol. The summed E-state index contributed by atoms with van der Waals surface area (Å²) in [6.07, 6.45) is 0. The van der Waals surface area contributed by atoms with Gasteiger partial charge in [0.2, 0.25) is 0 Å². The fourth-order valence-electron chi connectivity index (χ4n) is 4.52. The molecule has 2 aromatic heterocycles. The minimum atomic E-state index is -3.83. The summed E-state index contributed by atoms with van der Waals surface area (Å²) in [5, 5.41) is 0. The molecule has 5 aromatic rings. The maximum absolute atomic E-state index is 13.8. The van der Waals surface area contributed by atoms with Gasteiger partial charge in [0.25, 0.3) is 0 Å². The number of hydrogen-bond donors (Lipinski definition) is 0. The van der Waals surface area contributed by atoms with E-state index in [4.69, 9.17) is 0 Å². The molecule has 8 nitrogen and oxygen atoms in total. The van der Waals surface area contributed by atoms with Gasteiger partial charge in [0.1, 0.15) is 11.6 Å². The SMILES string of the molecule is Cn1c(CN2c3ccccc3N(Cc3nc4ccccc4n3C)S2(=O)=O)nc2ccccc21. The summed E-state index contributed by atoms with van der Waals surface area (Å²) in [7, 11) is -0.00546. The second-order valence-corrected chi connectivity index (χ2v) is 9.94. The molecule has 33 heavy (non-hydrogen) atoms. The number of fused-ring (bicyclic) bond motifs is 3. The van der Waals surface area contributed by atoms with Crippen LogP contribution in [0, 0.1) is 0 Å². The molecule has 0 unspecified atom stereocenters. The average Bonchev–Trinajstić information content (AvgIpc) is 3.39. The minimum absolute atomic E-state index is 0.142. The molecule has 1 aliphatic rings. The summed E-state index contributed by atoms with van der Waals surface area (Å²) in [6, 6.07) is 23.0. The number of imidazole rings is 2. The predicted octanol–water partition coefficient (Wildman–Crippen LogP) is 3.73. The molecule has 0 N–H and O–H groups in total. The van der Waals surface area contributed by atoms with Crippen molar-refractivity contribution in [2.75, 3.05) is 8.61 Å². The number of aromatic nitrogens is 4. The van der Waals surface area contributed by atoms with Crippen LogP contribution in [0.1, 0.15) is 11.6 Å². The number of para-hydroxylation sites is 6. The minimum Gasteiger partial charge on any atom is -0.330 e. The smallest absolute Gasteiger partial charge is 0.327 e. The van der Waals surface area contributed by atoms with Crippen molar-refractivity contribution in [2.24, 2.45) is 14.1 Å². The number of aryl methyl sites for hydroxylation is 2. The number of nitrogens with zero attached hydrogens (tertiary/aromatic N) is 6.